The molecule has 1 aliphatic carbocycles. The van der Waals surface area contributed by atoms with E-state index in [-0.39, 0.29) is 42.9 Å². The number of carbonyl (C=O) groups is 2. The lowest BCUT2D eigenvalue weighted by atomic mass is 9.74. The predicted molar refractivity (Wildman–Crippen MR) is 144 cm³/mol. The van der Waals surface area contributed by atoms with Crippen LogP contribution in [-0.2, 0) is 15.7 Å². The van der Waals surface area contributed by atoms with Crippen LogP contribution in [0.2, 0.25) is 5.02 Å². The van der Waals surface area contributed by atoms with Crippen molar-refractivity contribution in [3.8, 4) is 0 Å². The van der Waals surface area contributed by atoms with Crippen molar-refractivity contribution < 1.29 is 45.8 Å². The highest BCUT2D eigenvalue weighted by atomic mass is 35.5. The molecule has 15 heteroatoms. The van der Waals surface area contributed by atoms with Crippen LogP contribution < -0.4 is 0 Å². The Kier molecular flexibility index (Phi) is 10.2. The Bertz CT molecular complexity index is 1300. The number of hydrogen-bond acceptors (Lipinski definition) is 6. The van der Waals surface area contributed by atoms with Crippen molar-refractivity contribution in [2.75, 3.05) is 19.7 Å². The number of alkyl halides is 6. The van der Waals surface area contributed by atoms with Gasteiger partial charge in [0, 0.05) is 24.5 Å². The third-order valence-corrected chi connectivity index (χ3v) is 8.27. The molecule has 43 heavy (non-hydrogen) atoms. The van der Waals surface area contributed by atoms with Crippen molar-refractivity contribution in [3.63, 3.8) is 0 Å². The summed E-state index contributed by atoms with van der Waals surface area (Å²) in [5.41, 5.74) is -5.34. The molecule has 1 atom stereocenters. The number of ether oxygens (including phenoxy) is 1. The maximum atomic E-state index is 14.5. The number of aryl methyl sites for hydroxylation is 1. The molecule has 1 fully saturated rings. The van der Waals surface area contributed by atoms with Crippen molar-refractivity contribution >= 4 is 23.5 Å². The Balaban J connectivity index is 2.01. The fraction of sp³-hybridized carbons (Fsp3) is 0.643. The Morgan fingerprint density at radius 3 is 2.28 bits per heavy atom. The van der Waals surface area contributed by atoms with Crippen LogP contribution in [-0.4, -0.2) is 62.5 Å². The Labute approximate surface area is 250 Å². The Morgan fingerprint density at radius 1 is 1.16 bits per heavy atom. The monoisotopic (exact) mass is 640 g/mol. The van der Waals surface area contributed by atoms with Gasteiger partial charge < -0.3 is 14.7 Å². The first-order valence-electron chi connectivity index (χ1n) is 13.7. The first kappa shape index (κ1) is 34.6. The number of aromatic nitrogens is 3. The third-order valence-electron chi connectivity index (χ3n) is 7.97. The summed E-state index contributed by atoms with van der Waals surface area (Å²) in [6.07, 6.45) is -7.66. The maximum absolute atomic E-state index is 14.5. The maximum Gasteiger partial charge on any atom is 0.433 e. The number of nitrogens with zero attached hydrogens (tertiary/aromatic N) is 4. The average Bonchev–Trinajstić information content (AvgIpc) is 3.33. The summed E-state index contributed by atoms with van der Waals surface area (Å²) in [4.78, 5) is 30.5. The molecule has 3 rings (SSSR count). The molecule has 2 aromatic heterocycles. The minimum Gasteiger partial charge on any atom is -0.466 e. The molecule has 0 saturated heterocycles. The normalized spacial score (nSPS) is 20.5. The highest BCUT2D eigenvalue weighted by Crippen LogP contribution is 2.45. The molecule has 1 unspecified atom stereocenters. The molecule has 1 amide bonds. The second-order valence-corrected chi connectivity index (χ2v) is 12.2. The van der Waals surface area contributed by atoms with E-state index in [1.807, 2.05) is 0 Å². The van der Waals surface area contributed by atoms with Gasteiger partial charge in [0.15, 0.2) is 5.69 Å². The predicted octanol–water partition coefficient (Wildman–Crippen LogP) is 6.71. The smallest absolute Gasteiger partial charge is 0.433 e. The third kappa shape index (κ3) is 7.44. The summed E-state index contributed by atoms with van der Waals surface area (Å²) in [5, 5.41) is 14.8. The highest BCUT2D eigenvalue weighted by molar-refractivity contribution is 6.31. The van der Waals surface area contributed by atoms with Crippen LogP contribution in [0.15, 0.2) is 18.6 Å². The van der Waals surface area contributed by atoms with Gasteiger partial charge >= 0.3 is 18.3 Å². The van der Waals surface area contributed by atoms with Crippen LogP contribution in [0.25, 0.3) is 0 Å². The van der Waals surface area contributed by atoms with E-state index in [2.05, 4.69) is 10.1 Å². The van der Waals surface area contributed by atoms with Crippen LogP contribution in [0.1, 0.15) is 92.7 Å². The van der Waals surface area contributed by atoms with E-state index in [4.69, 9.17) is 16.3 Å². The molecule has 0 radical (unpaired) electrons. The van der Waals surface area contributed by atoms with Crippen LogP contribution >= 0.6 is 11.6 Å². The quantitative estimate of drug-likeness (QED) is 0.242. The van der Waals surface area contributed by atoms with Crippen LogP contribution in [0.4, 0.5) is 26.3 Å². The number of pyridine rings is 1. The molecule has 2 aromatic rings. The van der Waals surface area contributed by atoms with E-state index in [9.17, 15) is 41.0 Å². The van der Waals surface area contributed by atoms with E-state index < -0.39 is 71.6 Å². The first-order valence-corrected chi connectivity index (χ1v) is 14.1. The van der Waals surface area contributed by atoms with E-state index in [0.717, 1.165) is 13.8 Å². The van der Waals surface area contributed by atoms with Gasteiger partial charge in [-0.1, -0.05) is 11.6 Å². The second kappa shape index (κ2) is 12.6. The van der Waals surface area contributed by atoms with Crippen molar-refractivity contribution in [3.05, 3.63) is 46.0 Å². The molecule has 0 spiro atoms. The largest absolute Gasteiger partial charge is 0.466 e. The fourth-order valence-electron chi connectivity index (χ4n) is 5.29. The van der Waals surface area contributed by atoms with Gasteiger partial charge in [0.2, 0.25) is 0 Å². The van der Waals surface area contributed by atoms with Gasteiger partial charge in [-0.3, -0.25) is 19.3 Å². The number of hydrogen-bond donors (Lipinski definition) is 1. The van der Waals surface area contributed by atoms with Crippen molar-refractivity contribution in [2.45, 2.75) is 84.8 Å². The van der Waals surface area contributed by atoms with E-state index in [1.165, 1.54) is 19.3 Å². The summed E-state index contributed by atoms with van der Waals surface area (Å²) in [6.45, 7) is 4.78. The lowest BCUT2D eigenvalue weighted by Crippen LogP contribution is -2.47. The molecule has 8 nitrogen and oxygen atoms in total. The lowest BCUT2D eigenvalue weighted by molar-refractivity contribution is -0.215. The minimum absolute atomic E-state index is 0.0223. The van der Waals surface area contributed by atoms with E-state index in [1.54, 1.807) is 13.8 Å². The molecule has 0 aliphatic heterocycles. The minimum atomic E-state index is -5.10. The summed E-state index contributed by atoms with van der Waals surface area (Å²) < 4.78 is 90.9. The van der Waals surface area contributed by atoms with Gasteiger partial charge in [-0.15, -0.1) is 0 Å². The molecule has 1 N–H and O–H groups in total. The van der Waals surface area contributed by atoms with Gasteiger partial charge in [-0.25, -0.2) is 0 Å². The summed E-state index contributed by atoms with van der Waals surface area (Å²) >= 11 is 6.14. The topological polar surface area (TPSA) is 97.6 Å². The molecular formula is C28H35ClF6N4O4. The zero-order chi connectivity index (χ0) is 32.5. The Hall–Kier alpha value is -2.87. The molecule has 0 aromatic carbocycles. The Morgan fingerprint density at radius 2 is 1.77 bits per heavy atom. The number of aliphatic hydroxyl groups excluding tert-OH is 1. The zero-order valence-electron chi connectivity index (χ0n) is 24.4. The number of esters is 1. The van der Waals surface area contributed by atoms with Gasteiger partial charge in [0.1, 0.15) is 0 Å². The lowest BCUT2D eigenvalue weighted by Gasteiger charge is -2.36. The molecule has 2 heterocycles. The number of amides is 1. The zero-order valence-corrected chi connectivity index (χ0v) is 25.2. The number of halogens is 7. The molecule has 1 saturated carbocycles. The second-order valence-electron chi connectivity index (χ2n) is 11.8. The first-order chi connectivity index (χ1) is 19.7. The van der Waals surface area contributed by atoms with E-state index >= 15 is 0 Å². The summed E-state index contributed by atoms with van der Waals surface area (Å²) in [6, 6.07) is -0.829. The van der Waals surface area contributed by atoms with Gasteiger partial charge in [-0.05, 0) is 65.9 Å². The highest BCUT2D eigenvalue weighted by Gasteiger charge is 2.50. The van der Waals surface area contributed by atoms with Gasteiger partial charge in [-0.2, -0.15) is 31.4 Å². The molecule has 240 valence electrons. The molecule has 0 bridgehead atoms. The average molecular weight is 641 g/mol. The number of carbonyl (C=O) groups excluding carboxylic acids is 2. The van der Waals surface area contributed by atoms with Crippen molar-refractivity contribution in [2.24, 2.45) is 10.8 Å². The number of aliphatic hydroxyl groups is 1. The van der Waals surface area contributed by atoms with Crippen LogP contribution in [0.3, 0.4) is 0 Å². The fourth-order valence-corrected chi connectivity index (χ4v) is 5.62. The van der Waals surface area contributed by atoms with Crippen LogP contribution in [0.5, 0.6) is 0 Å². The van der Waals surface area contributed by atoms with Crippen molar-refractivity contribution in [1.82, 2.24) is 19.7 Å². The van der Waals surface area contributed by atoms with Gasteiger partial charge in [0.05, 0.1) is 52.9 Å². The van der Waals surface area contributed by atoms with Gasteiger partial charge in [0.25, 0.3) is 5.91 Å². The summed E-state index contributed by atoms with van der Waals surface area (Å²) in [7, 11) is 0. The molecular weight excluding hydrogens is 606 g/mol. The molecule has 1 aliphatic rings. The number of rotatable bonds is 9. The van der Waals surface area contributed by atoms with Crippen LogP contribution in [0, 0.1) is 17.8 Å². The SMILES string of the molecule is CCOC(=O)C1(C)CCC(n2ncc(C(=O)N(CC(O)c3c(C)cncc3Cl)CC(C)(C)C(F)(F)F)c2C(F)(F)F)CC1. The summed E-state index contributed by atoms with van der Waals surface area (Å²) in [5.74, 6) is -1.84. The van der Waals surface area contributed by atoms with E-state index in [0.29, 0.717) is 21.3 Å². The standard InChI is InChI=1S/C28H35ClF6N4O4/c1-6-43-24(42)26(5)9-7-17(8-10-26)39-22(27(30,31)32)18(12-37-39)23(41)38(15-25(3,4)28(33,34)35)14-20(40)21-16(2)11-36-13-19(21)29/h11-13,17,20,40H,6-10,14-15H2,1-5H3. The van der Waals surface area contributed by atoms with Crippen molar-refractivity contribution in [1.29, 1.82) is 0 Å².